The molecule has 0 aliphatic rings. The first-order valence-corrected chi connectivity index (χ1v) is 7.98. The number of carbonyl (C=O) groups excluding carboxylic acids is 1. The van der Waals surface area contributed by atoms with Gasteiger partial charge in [-0.2, -0.15) is 5.26 Å². The van der Waals surface area contributed by atoms with Gasteiger partial charge in [0.1, 0.15) is 24.0 Å². The summed E-state index contributed by atoms with van der Waals surface area (Å²) in [5.74, 6) is -0.606. The number of carbonyl (C=O) groups is 1. The number of aromatic nitrogens is 1. The van der Waals surface area contributed by atoms with Crippen LogP contribution in [0.15, 0.2) is 41.3 Å². The molecular weight excluding hydrogens is 321 g/mol. The van der Waals surface area contributed by atoms with Crippen LogP contribution in [-0.4, -0.2) is 10.5 Å². The highest BCUT2D eigenvalue weighted by Gasteiger charge is 2.19. The Labute approximate surface area is 145 Å². The quantitative estimate of drug-likeness (QED) is 0.908. The van der Waals surface area contributed by atoms with E-state index in [2.05, 4.69) is 5.32 Å². The maximum atomic E-state index is 13.1. The number of rotatable bonds is 5. The molecule has 1 unspecified atom stereocenters. The number of benzene rings is 1. The fraction of sp³-hybridized carbons (Fsp3) is 0.316. The third-order valence-corrected chi connectivity index (χ3v) is 3.87. The van der Waals surface area contributed by atoms with Crippen molar-refractivity contribution in [2.45, 2.75) is 33.4 Å². The van der Waals surface area contributed by atoms with Crippen molar-refractivity contribution in [1.29, 1.82) is 5.26 Å². The second-order valence-electron chi connectivity index (χ2n) is 6.32. The Morgan fingerprint density at radius 1 is 1.32 bits per heavy atom. The van der Waals surface area contributed by atoms with E-state index < -0.39 is 5.56 Å². The Bertz CT molecular complexity index is 864. The molecule has 1 aromatic carbocycles. The Kier molecular flexibility index (Phi) is 5.71. The van der Waals surface area contributed by atoms with Crippen LogP contribution in [0.1, 0.15) is 36.6 Å². The van der Waals surface area contributed by atoms with E-state index in [1.54, 1.807) is 25.3 Å². The van der Waals surface area contributed by atoms with Gasteiger partial charge >= 0.3 is 0 Å². The van der Waals surface area contributed by atoms with Crippen molar-refractivity contribution < 1.29 is 9.18 Å². The lowest BCUT2D eigenvalue weighted by molar-refractivity contribution is -0.122. The van der Waals surface area contributed by atoms with Crippen molar-refractivity contribution in [3.8, 4) is 6.07 Å². The number of halogens is 1. The molecule has 6 heteroatoms. The minimum atomic E-state index is -0.494. The average molecular weight is 341 g/mol. The molecule has 2 rings (SSSR count). The minimum absolute atomic E-state index is 0.00624. The summed E-state index contributed by atoms with van der Waals surface area (Å²) < 4.78 is 14.3. The molecule has 1 atom stereocenters. The van der Waals surface area contributed by atoms with Crippen molar-refractivity contribution in [2.75, 3.05) is 0 Å². The summed E-state index contributed by atoms with van der Waals surface area (Å²) in [5, 5.41) is 11.9. The Balaban J connectivity index is 2.21. The van der Waals surface area contributed by atoms with Crippen LogP contribution >= 0.6 is 0 Å². The zero-order valence-corrected chi connectivity index (χ0v) is 14.4. The number of amides is 1. The average Bonchev–Trinajstić information content (AvgIpc) is 2.56. The molecule has 1 amide bonds. The number of pyridine rings is 1. The third-order valence-electron chi connectivity index (χ3n) is 3.87. The van der Waals surface area contributed by atoms with Gasteiger partial charge in [-0.15, -0.1) is 0 Å². The summed E-state index contributed by atoms with van der Waals surface area (Å²) in [7, 11) is 0. The predicted octanol–water partition coefficient (Wildman–Crippen LogP) is 2.68. The van der Waals surface area contributed by atoms with Crippen LogP contribution in [0.4, 0.5) is 4.39 Å². The molecule has 0 bridgehead atoms. The molecule has 0 fully saturated rings. The van der Waals surface area contributed by atoms with Crippen molar-refractivity contribution >= 4 is 5.91 Å². The van der Waals surface area contributed by atoms with Crippen LogP contribution in [0, 0.1) is 30.0 Å². The van der Waals surface area contributed by atoms with Crippen LogP contribution in [0.2, 0.25) is 0 Å². The zero-order valence-electron chi connectivity index (χ0n) is 14.4. The molecule has 0 saturated carbocycles. The van der Waals surface area contributed by atoms with Crippen molar-refractivity contribution in [3.05, 3.63) is 69.4 Å². The van der Waals surface area contributed by atoms with Gasteiger partial charge in [-0.1, -0.05) is 26.0 Å². The first-order chi connectivity index (χ1) is 11.8. The molecule has 25 heavy (non-hydrogen) atoms. The predicted molar refractivity (Wildman–Crippen MR) is 92.3 cm³/mol. The van der Waals surface area contributed by atoms with E-state index in [-0.39, 0.29) is 35.8 Å². The number of aryl methyl sites for hydroxylation is 1. The second kappa shape index (κ2) is 7.75. The minimum Gasteiger partial charge on any atom is -0.347 e. The van der Waals surface area contributed by atoms with Crippen LogP contribution < -0.4 is 10.9 Å². The lowest BCUT2D eigenvalue weighted by atomic mass is 9.96. The Morgan fingerprint density at radius 2 is 1.96 bits per heavy atom. The van der Waals surface area contributed by atoms with Crippen molar-refractivity contribution in [2.24, 2.45) is 5.92 Å². The molecule has 0 aliphatic carbocycles. The Hall–Kier alpha value is -2.94. The lowest BCUT2D eigenvalue weighted by Gasteiger charge is -2.23. The molecule has 1 N–H and O–H groups in total. The van der Waals surface area contributed by atoms with Gasteiger partial charge in [-0.3, -0.25) is 9.59 Å². The number of hydrogen-bond donors (Lipinski definition) is 1. The van der Waals surface area contributed by atoms with Gasteiger partial charge in [0.2, 0.25) is 5.91 Å². The second-order valence-corrected chi connectivity index (χ2v) is 6.32. The van der Waals surface area contributed by atoms with E-state index >= 15 is 0 Å². The number of nitrogens with zero attached hydrogens (tertiary/aromatic N) is 2. The first-order valence-electron chi connectivity index (χ1n) is 7.98. The SMILES string of the molecule is Cc1cc(C#N)c(=O)n(CC(=O)NC(c2ccc(F)cc2)C(C)C)c1. The number of nitriles is 1. The summed E-state index contributed by atoms with van der Waals surface area (Å²) in [4.78, 5) is 24.5. The maximum absolute atomic E-state index is 13.1. The molecule has 130 valence electrons. The fourth-order valence-corrected chi connectivity index (χ4v) is 2.66. The Morgan fingerprint density at radius 3 is 2.52 bits per heavy atom. The summed E-state index contributed by atoms with van der Waals surface area (Å²) in [6.07, 6.45) is 1.55. The van der Waals surface area contributed by atoms with Crippen LogP contribution in [0.3, 0.4) is 0 Å². The lowest BCUT2D eigenvalue weighted by Crippen LogP contribution is -2.37. The molecular formula is C19H20FN3O2. The summed E-state index contributed by atoms with van der Waals surface area (Å²) in [6.45, 7) is 5.46. The highest BCUT2D eigenvalue weighted by atomic mass is 19.1. The zero-order chi connectivity index (χ0) is 18.6. The summed E-state index contributed by atoms with van der Waals surface area (Å²) >= 11 is 0. The van der Waals surface area contributed by atoms with E-state index in [1.807, 2.05) is 19.9 Å². The number of hydrogen-bond acceptors (Lipinski definition) is 3. The molecule has 1 heterocycles. The van der Waals surface area contributed by atoms with Crippen LogP contribution in [-0.2, 0) is 11.3 Å². The monoisotopic (exact) mass is 341 g/mol. The highest BCUT2D eigenvalue weighted by Crippen LogP contribution is 2.21. The van der Waals surface area contributed by atoms with E-state index in [0.29, 0.717) is 0 Å². The van der Waals surface area contributed by atoms with Gasteiger partial charge in [0.15, 0.2) is 0 Å². The van der Waals surface area contributed by atoms with Gasteiger partial charge in [0.05, 0.1) is 6.04 Å². The van der Waals surface area contributed by atoms with Gasteiger partial charge in [-0.05, 0) is 42.2 Å². The van der Waals surface area contributed by atoms with E-state index in [1.165, 1.54) is 22.8 Å². The molecule has 0 spiro atoms. The van der Waals surface area contributed by atoms with Gasteiger partial charge in [-0.25, -0.2) is 4.39 Å². The standard InChI is InChI=1S/C19H20FN3O2/c1-12(2)18(14-4-6-16(20)7-5-14)22-17(24)11-23-10-13(3)8-15(9-21)19(23)25/h4-8,10,12,18H,11H2,1-3H3,(H,22,24). The first kappa shape index (κ1) is 18.4. The largest absolute Gasteiger partial charge is 0.347 e. The fourth-order valence-electron chi connectivity index (χ4n) is 2.66. The smallest absolute Gasteiger partial charge is 0.268 e. The summed E-state index contributed by atoms with van der Waals surface area (Å²) in [6, 6.07) is 8.99. The van der Waals surface area contributed by atoms with Crippen molar-refractivity contribution in [1.82, 2.24) is 9.88 Å². The third kappa shape index (κ3) is 4.54. The normalized spacial score (nSPS) is 11.8. The van der Waals surface area contributed by atoms with Crippen LogP contribution in [0.5, 0.6) is 0 Å². The molecule has 2 aromatic rings. The maximum Gasteiger partial charge on any atom is 0.268 e. The highest BCUT2D eigenvalue weighted by molar-refractivity contribution is 5.76. The molecule has 1 aromatic heterocycles. The molecule has 0 saturated heterocycles. The molecule has 5 nitrogen and oxygen atoms in total. The topological polar surface area (TPSA) is 74.9 Å². The van der Waals surface area contributed by atoms with Gasteiger partial charge < -0.3 is 9.88 Å². The summed E-state index contributed by atoms with van der Waals surface area (Å²) in [5.41, 5.74) is 1.03. The van der Waals surface area contributed by atoms with E-state index in [4.69, 9.17) is 5.26 Å². The molecule has 0 aliphatic heterocycles. The van der Waals surface area contributed by atoms with Crippen LogP contribution in [0.25, 0.3) is 0 Å². The van der Waals surface area contributed by atoms with Gasteiger partial charge in [0.25, 0.3) is 5.56 Å². The molecule has 0 radical (unpaired) electrons. The van der Waals surface area contributed by atoms with Gasteiger partial charge in [0, 0.05) is 6.20 Å². The van der Waals surface area contributed by atoms with E-state index in [0.717, 1.165) is 11.1 Å². The van der Waals surface area contributed by atoms with Crippen molar-refractivity contribution in [3.63, 3.8) is 0 Å². The van der Waals surface area contributed by atoms with E-state index in [9.17, 15) is 14.0 Å². The number of nitrogens with one attached hydrogen (secondary N) is 1.